The second kappa shape index (κ2) is 7.42. The molecular formula is C20H20F3N3O. The van der Waals surface area contributed by atoms with Gasteiger partial charge in [0.15, 0.2) is 0 Å². The summed E-state index contributed by atoms with van der Waals surface area (Å²) in [6.07, 6.45) is -4.17. The van der Waals surface area contributed by atoms with Crippen molar-refractivity contribution in [3.63, 3.8) is 0 Å². The van der Waals surface area contributed by atoms with Gasteiger partial charge < -0.3 is 10.3 Å². The number of benzene rings is 2. The topological polar surface area (TPSA) is 57.8 Å². The minimum atomic E-state index is -4.54. The Morgan fingerprint density at radius 1 is 1.11 bits per heavy atom. The third kappa shape index (κ3) is 4.48. The number of aromatic nitrogens is 2. The van der Waals surface area contributed by atoms with Gasteiger partial charge in [0.05, 0.1) is 17.1 Å². The van der Waals surface area contributed by atoms with E-state index in [0.29, 0.717) is 12.0 Å². The normalized spacial score (nSPS) is 13.1. The minimum absolute atomic E-state index is 0.112. The Bertz CT molecular complexity index is 933. The number of aromatic amines is 1. The van der Waals surface area contributed by atoms with Crippen molar-refractivity contribution in [3.05, 3.63) is 65.5 Å². The lowest BCUT2D eigenvalue weighted by molar-refractivity contribution is -0.144. The fourth-order valence-electron chi connectivity index (χ4n) is 2.94. The first-order chi connectivity index (χ1) is 12.7. The highest BCUT2D eigenvalue weighted by atomic mass is 19.4. The van der Waals surface area contributed by atoms with Gasteiger partial charge in [-0.25, -0.2) is 4.98 Å². The number of carbonyl (C=O) groups is 1. The van der Waals surface area contributed by atoms with Crippen molar-refractivity contribution < 1.29 is 18.0 Å². The van der Waals surface area contributed by atoms with Gasteiger partial charge in [0.25, 0.3) is 0 Å². The summed E-state index contributed by atoms with van der Waals surface area (Å²) in [6.45, 7) is 3.90. The third-order valence-electron chi connectivity index (χ3n) is 4.14. The lowest BCUT2D eigenvalue weighted by Gasteiger charge is -2.20. The summed E-state index contributed by atoms with van der Waals surface area (Å²) in [5, 5.41) is 2.99. The van der Waals surface area contributed by atoms with Crippen LogP contribution in [0.15, 0.2) is 48.5 Å². The summed E-state index contributed by atoms with van der Waals surface area (Å²) in [5.74, 6) is -0.944. The number of hydrogen-bond donors (Lipinski definition) is 2. The molecule has 0 spiro atoms. The Kier molecular flexibility index (Phi) is 5.21. The van der Waals surface area contributed by atoms with Crippen LogP contribution in [0.1, 0.15) is 43.3 Å². The molecule has 1 aromatic heterocycles. The minimum Gasteiger partial charge on any atom is -0.345 e. The number of fused-ring (bicyclic) bond motifs is 1. The van der Waals surface area contributed by atoms with E-state index in [0.717, 1.165) is 5.56 Å². The van der Waals surface area contributed by atoms with Crippen LogP contribution < -0.4 is 5.32 Å². The molecule has 0 aliphatic carbocycles. The molecule has 0 unspecified atom stereocenters. The Hall–Kier alpha value is -2.83. The molecule has 2 aromatic carbocycles. The van der Waals surface area contributed by atoms with E-state index < -0.39 is 18.0 Å². The molecule has 3 aromatic rings. The van der Waals surface area contributed by atoms with Crippen molar-refractivity contribution in [2.45, 2.75) is 32.5 Å². The molecule has 27 heavy (non-hydrogen) atoms. The predicted molar refractivity (Wildman–Crippen MR) is 97.0 cm³/mol. The highest BCUT2D eigenvalue weighted by molar-refractivity contribution is 5.79. The van der Waals surface area contributed by atoms with Gasteiger partial charge in [-0.1, -0.05) is 50.2 Å². The smallest absolute Gasteiger partial charge is 0.345 e. The maximum atomic E-state index is 12.9. The predicted octanol–water partition coefficient (Wildman–Crippen LogP) is 4.83. The molecule has 0 aliphatic heterocycles. The van der Waals surface area contributed by atoms with Crippen molar-refractivity contribution in [2.24, 2.45) is 5.92 Å². The number of hydrogen-bond acceptors (Lipinski definition) is 2. The molecule has 0 saturated heterocycles. The van der Waals surface area contributed by atoms with Gasteiger partial charge in [0.2, 0.25) is 11.7 Å². The highest BCUT2D eigenvalue weighted by Gasteiger charge is 2.34. The van der Waals surface area contributed by atoms with Gasteiger partial charge in [-0.15, -0.1) is 0 Å². The zero-order valence-electron chi connectivity index (χ0n) is 15.0. The van der Waals surface area contributed by atoms with Crippen molar-refractivity contribution in [1.29, 1.82) is 0 Å². The van der Waals surface area contributed by atoms with Crippen LogP contribution in [0.25, 0.3) is 11.0 Å². The van der Waals surface area contributed by atoms with Crippen LogP contribution in [0.2, 0.25) is 0 Å². The molecule has 0 fully saturated rings. The lowest BCUT2D eigenvalue weighted by Crippen LogP contribution is -2.30. The number of alkyl halides is 3. The van der Waals surface area contributed by atoms with Crippen LogP contribution in [0.3, 0.4) is 0 Å². The molecule has 0 saturated carbocycles. The summed E-state index contributed by atoms with van der Waals surface area (Å²) in [5.41, 5.74) is 2.04. The largest absolute Gasteiger partial charge is 0.449 e. The average Bonchev–Trinajstić information content (AvgIpc) is 3.03. The van der Waals surface area contributed by atoms with E-state index in [-0.39, 0.29) is 22.9 Å². The molecule has 1 heterocycles. The van der Waals surface area contributed by atoms with Crippen molar-refractivity contribution in [3.8, 4) is 0 Å². The molecule has 0 bridgehead atoms. The summed E-state index contributed by atoms with van der Waals surface area (Å²) in [6, 6.07) is 13.7. The molecule has 4 nitrogen and oxygen atoms in total. The molecule has 1 amide bonds. The van der Waals surface area contributed by atoms with Gasteiger partial charge >= 0.3 is 6.18 Å². The Labute approximate surface area is 154 Å². The first-order valence-electron chi connectivity index (χ1n) is 8.65. The van der Waals surface area contributed by atoms with E-state index in [1.807, 2.05) is 44.2 Å². The first-order valence-corrected chi connectivity index (χ1v) is 8.65. The van der Waals surface area contributed by atoms with Crippen LogP contribution >= 0.6 is 0 Å². The summed E-state index contributed by atoms with van der Waals surface area (Å²) < 4.78 is 38.7. The number of H-pyrrole nitrogens is 1. The second-order valence-corrected chi connectivity index (χ2v) is 6.87. The second-order valence-electron chi connectivity index (χ2n) is 6.87. The van der Waals surface area contributed by atoms with E-state index >= 15 is 0 Å². The maximum absolute atomic E-state index is 12.9. The molecule has 1 atom stereocenters. The van der Waals surface area contributed by atoms with E-state index in [9.17, 15) is 18.0 Å². The zero-order chi connectivity index (χ0) is 19.6. The molecule has 3 rings (SSSR count). The van der Waals surface area contributed by atoms with Crippen molar-refractivity contribution in [2.75, 3.05) is 0 Å². The molecule has 0 aliphatic rings. The lowest BCUT2D eigenvalue weighted by atomic mass is 9.97. The SMILES string of the molecule is CC(C)CC(=O)N[C@@H](c1ccccc1)c1ccc2nc(C(F)(F)F)[nH]c2c1. The first kappa shape index (κ1) is 18.9. The fourth-order valence-corrected chi connectivity index (χ4v) is 2.94. The molecular weight excluding hydrogens is 355 g/mol. The molecule has 142 valence electrons. The van der Waals surface area contributed by atoms with E-state index in [1.165, 1.54) is 6.07 Å². The van der Waals surface area contributed by atoms with Gasteiger partial charge in [-0.2, -0.15) is 13.2 Å². The maximum Gasteiger partial charge on any atom is 0.449 e. The van der Waals surface area contributed by atoms with Crippen molar-refractivity contribution in [1.82, 2.24) is 15.3 Å². The average molecular weight is 375 g/mol. The quantitative estimate of drug-likeness (QED) is 0.671. The highest BCUT2D eigenvalue weighted by Crippen LogP contribution is 2.30. The fraction of sp³-hybridized carbons (Fsp3) is 0.300. The monoisotopic (exact) mass is 375 g/mol. The number of nitrogens with one attached hydrogen (secondary N) is 2. The third-order valence-corrected chi connectivity index (χ3v) is 4.14. The van der Waals surface area contributed by atoms with Crippen molar-refractivity contribution >= 4 is 16.9 Å². The molecule has 2 N–H and O–H groups in total. The number of imidazole rings is 1. The standard InChI is InChI=1S/C20H20F3N3O/c1-12(2)10-17(27)26-18(13-6-4-3-5-7-13)14-8-9-15-16(11-14)25-19(24-15)20(21,22)23/h3-9,11-12,18H,10H2,1-2H3,(H,24,25)(H,26,27)/t18-/m0/s1. The van der Waals surface area contributed by atoms with E-state index in [2.05, 4.69) is 15.3 Å². The van der Waals surface area contributed by atoms with Gasteiger partial charge in [0.1, 0.15) is 0 Å². The van der Waals surface area contributed by atoms with Crippen LogP contribution in [-0.2, 0) is 11.0 Å². The molecule has 0 radical (unpaired) electrons. The van der Waals surface area contributed by atoms with Crippen LogP contribution in [0.5, 0.6) is 0 Å². The van der Waals surface area contributed by atoms with Crippen LogP contribution in [0.4, 0.5) is 13.2 Å². The molecule has 7 heteroatoms. The number of amides is 1. The number of halogens is 3. The van der Waals surface area contributed by atoms with Crippen LogP contribution in [0, 0.1) is 5.92 Å². The summed E-state index contributed by atoms with van der Waals surface area (Å²) in [4.78, 5) is 18.2. The Balaban J connectivity index is 1.99. The zero-order valence-corrected chi connectivity index (χ0v) is 15.0. The van der Waals surface area contributed by atoms with Crippen LogP contribution in [-0.4, -0.2) is 15.9 Å². The van der Waals surface area contributed by atoms with Gasteiger partial charge in [-0.3, -0.25) is 4.79 Å². The van der Waals surface area contributed by atoms with Gasteiger partial charge in [0, 0.05) is 6.42 Å². The number of nitrogens with zero attached hydrogens (tertiary/aromatic N) is 1. The number of carbonyl (C=O) groups excluding carboxylic acids is 1. The Morgan fingerprint density at radius 3 is 2.44 bits per heavy atom. The summed E-state index contributed by atoms with van der Waals surface area (Å²) >= 11 is 0. The van der Waals surface area contributed by atoms with E-state index in [1.54, 1.807) is 12.1 Å². The Morgan fingerprint density at radius 2 is 1.81 bits per heavy atom. The van der Waals surface area contributed by atoms with E-state index in [4.69, 9.17) is 0 Å². The number of rotatable bonds is 5. The van der Waals surface area contributed by atoms with Gasteiger partial charge in [-0.05, 0) is 29.2 Å². The summed E-state index contributed by atoms with van der Waals surface area (Å²) in [7, 11) is 0.